The maximum absolute atomic E-state index is 13.1. The molecule has 0 bridgehead atoms. The topological polar surface area (TPSA) is 46.2 Å². The minimum atomic E-state index is 0.0508. The van der Waals surface area contributed by atoms with Crippen molar-refractivity contribution in [1.29, 1.82) is 0 Å². The monoisotopic (exact) mass is 371 g/mol. The molecule has 2 aliphatic rings. The molecule has 1 saturated heterocycles. The lowest BCUT2D eigenvalue weighted by Crippen LogP contribution is -2.88. The van der Waals surface area contributed by atoms with Crippen LogP contribution in [0.1, 0.15) is 40.5 Å². The maximum Gasteiger partial charge on any atom is 0.278 e. The minimum Gasteiger partial charge on any atom is -0.372 e. The van der Waals surface area contributed by atoms with E-state index in [-0.39, 0.29) is 11.9 Å². The van der Waals surface area contributed by atoms with Crippen LogP contribution in [0.15, 0.2) is 35.7 Å². The largest absolute Gasteiger partial charge is 0.372 e. The van der Waals surface area contributed by atoms with Gasteiger partial charge in [0.05, 0.1) is 6.04 Å². The van der Waals surface area contributed by atoms with Crippen molar-refractivity contribution in [2.24, 2.45) is 0 Å². The van der Waals surface area contributed by atoms with E-state index in [1.54, 1.807) is 0 Å². The summed E-state index contributed by atoms with van der Waals surface area (Å²) in [6.45, 7) is 5.20. The minimum absolute atomic E-state index is 0.0508. The predicted octanol–water partition coefficient (Wildman–Crippen LogP) is 2.27. The van der Waals surface area contributed by atoms with Crippen molar-refractivity contribution in [2.45, 2.75) is 38.3 Å². The molecule has 0 radical (unpaired) electrons. The quantitative estimate of drug-likeness (QED) is 0.876. The standard InChI is InChI=1S/C21H26N2O2S/c1-15-5-2-3-7-17(15)21-18-9-12-26-19(18)8-10-23(21)20(24)14-22-13-16-6-4-11-25-16/h2-3,5,7,9,12,16,21-22H,4,6,8,10-11,13-14H2,1H3/p+1/t16-,21+/m0/s1. The Hall–Kier alpha value is -1.69. The lowest BCUT2D eigenvalue weighted by molar-refractivity contribution is -0.650. The molecule has 26 heavy (non-hydrogen) atoms. The van der Waals surface area contributed by atoms with Gasteiger partial charge in [0.2, 0.25) is 0 Å². The van der Waals surface area contributed by atoms with Crippen LogP contribution in [0.4, 0.5) is 0 Å². The highest BCUT2D eigenvalue weighted by molar-refractivity contribution is 7.10. The SMILES string of the molecule is Cc1ccccc1[C@@H]1c2ccsc2CCN1C(=O)C[NH2+]C[C@@H]1CCCO1. The Morgan fingerprint density at radius 2 is 2.19 bits per heavy atom. The molecule has 2 N–H and O–H groups in total. The molecule has 1 aromatic carbocycles. The first-order valence-corrected chi connectivity index (χ1v) is 10.5. The zero-order valence-corrected chi connectivity index (χ0v) is 16.1. The fraction of sp³-hybridized carbons (Fsp3) is 0.476. The van der Waals surface area contributed by atoms with Crippen molar-refractivity contribution in [3.05, 3.63) is 57.3 Å². The van der Waals surface area contributed by atoms with E-state index in [2.05, 4.69) is 52.9 Å². The van der Waals surface area contributed by atoms with E-state index >= 15 is 0 Å². The molecule has 2 atom stereocenters. The molecule has 5 heteroatoms. The van der Waals surface area contributed by atoms with E-state index < -0.39 is 0 Å². The lowest BCUT2D eigenvalue weighted by atomic mass is 9.90. The molecular formula is C21H27N2O2S+. The van der Waals surface area contributed by atoms with Crippen LogP contribution in [0.2, 0.25) is 0 Å². The van der Waals surface area contributed by atoms with Gasteiger partial charge in [-0.25, -0.2) is 0 Å². The number of ether oxygens (including phenoxy) is 1. The molecule has 4 nitrogen and oxygen atoms in total. The summed E-state index contributed by atoms with van der Waals surface area (Å²) in [5.74, 6) is 0.230. The normalized spacial score (nSPS) is 22.4. The van der Waals surface area contributed by atoms with E-state index in [9.17, 15) is 4.79 Å². The number of nitrogens with two attached hydrogens (primary N) is 1. The molecule has 138 valence electrons. The third-order valence-corrected chi connectivity index (χ3v) is 6.54. The van der Waals surface area contributed by atoms with Crippen LogP contribution in [-0.2, 0) is 16.0 Å². The lowest BCUT2D eigenvalue weighted by Gasteiger charge is -2.36. The van der Waals surface area contributed by atoms with Crippen molar-refractivity contribution in [2.75, 3.05) is 26.2 Å². The Balaban J connectivity index is 1.52. The van der Waals surface area contributed by atoms with Crippen LogP contribution in [0.5, 0.6) is 0 Å². The number of thiophene rings is 1. The zero-order valence-electron chi connectivity index (χ0n) is 15.3. The average Bonchev–Trinajstić information content (AvgIpc) is 3.33. The summed E-state index contributed by atoms with van der Waals surface area (Å²) in [6.07, 6.45) is 3.56. The summed E-state index contributed by atoms with van der Waals surface area (Å²) in [6, 6.07) is 10.7. The summed E-state index contributed by atoms with van der Waals surface area (Å²) >= 11 is 1.82. The average molecular weight is 372 g/mol. The first-order valence-electron chi connectivity index (χ1n) is 9.58. The number of quaternary nitrogens is 1. The van der Waals surface area contributed by atoms with Gasteiger partial charge in [-0.15, -0.1) is 11.3 Å². The predicted molar refractivity (Wildman–Crippen MR) is 103 cm³/mol. The smallest absolute Gasteiger partial charge is 0.278 e. The van der Waals surface area contributed by atoms with Crippen molar-refractivity contribution in [3.8, 4) is 0 Å². The molecule has 0 aliphatic carbocycles. The molecule has 3 heterocycles. The highest BCUT2D eigenvalue weighted by Gasteiger charge is 2.34. The van der Waals surface area contributed by atoms with Gasteiger partial charge in [0, 0.05) is 18.0 Å². The molecule has 0 saturated carbocycles. The van der Waals surface area contributed by atoms with Crippen LogP contribution in [0.3, 0.4) is 0 Å². The summed E-state index contributed by atoms with van der Waals surface area (Å²) in [5, 5.41) is 4.28. The number of carbonyl (C=O) groups is 1. The van der Waals surface area contributed by atoms with Crippen LogP contribution >= 0.6 is 11.3 Å². The van der Waals surface area contributed by atoms with Gasteiger partial charge in [-0.3, -0.25) is 4.79 Å². The number of fused-ring (bicyclic) bond motifs is 1. The molecule has 2 aromatic rings. The number of nitrogens with zero attached hydrogens (tertiary/aromatic N) is 1. The number of hydrogen-bond donors (Lipinski definition) is 1. The van der Waals surface area contributed by atoms with Crippen LogP contribution in [-0.4, -0.2) is 43.2 Å². The van der Waals surface area contributed by atoms with Gasteiger partial charge < -0.3 is 15.0 Å². The molecular weight excluding hydrogens is 344 g/mol. The van der Waals surface area contributed by atoms with Crippen LogP contribution in [0, 0.1) is 6.92 Å². The van der Waals surface area contributed by atoms with Gasteiger partial charge in [-0.2, -0.15) is 0 Å². The Labute approximate surface area is 159 Å². The molecule has 0 spiro atoms. The summed E-state index contributed by atoms with van der Waals surface area (Å²) in [7, 11) is 0. The highest BCUT2D eigenvalue weighted by Crippen LogP contribution is 2.38. The Morgan fingerprint density at radius 1 is 1.31 bits per heavy atom. The van der Waals surface area contributed by atoms with Gasteiger partial charge in [0.1, 0.15) is 12.6 Å². The second-order valence-electron chi connectivity index (χ2n) is 7.26. The van der Waals surface area contributed by atoms with Gasteiger partial charge in [0.15, 0.2) is 6.54 Å². The number of hydrogen-bond acceptors (Lipinski definition) is 3. The Kier molecular flexibility index (Phi) is 5.38. The highest BCUT2D eigenvalue weighted by atomic mass is 32.1. The molecule has 2 aliphatic heterocycles. The second-order valence-corrected chi connectivity index (χ2v) is 8.26. The molecule has 1 amide bonds. The van der Waals surface area contributed by atoms with Crippen molar-refractivity contribution >= 4 is 17.2 Å². The fourth-order valence-electron chi connectivity index (χ4n) is 4.15. The number of rotatable bonds is 5. The Bertz CT molecular complexity index is 767. The number of benzene rings is 1. The van der Waals surface area contributed by atoms with Crippen molar-refractivity contribution < 1.29 is 14.8 Å². The number of carbonyl (C=O) groups excluding carboxylic acids is 1. The van der Waals surface area contributed by atoms with E-state index in [1.165, 1.54) is 21.6 Å². The van der Waals surface area contributed by atoms with E-state index in [1.807, 2.05) is 11.3 Å². The summed E-state index contributed by atoms with van der Waals surface area (Å²) in [5.41, 5.74) is 3.81. The fourth-order valence-corrected chi connectivity index (χ4v) is 5.06. The third kappa shape index (κ3) is 3.56. The summed E-state index contributed by atoms with van der Waals surface area (Å²) in [4.78, 5) is 16.6. The number of amides is 1. The molecule has 1 fully saturated rings. The van der Waals surface area contributed by atoms with Crippen LogP contribution in [0.25, 0.3) is 0 Å². The van der Waals surface area contributed by atoms with Gasteiger partial charge in [-0.1, -0.05) is 24.3 Å². The first-order chi connectivity index (χ1) is 12.7. The maximum atomic E-state index is 13.1. The third-order valence-electron chi connectivity index (χ3n) is 5.54. The van der Waals surface area contributed by atoms with Gasteiger partial charge in [0.25, 0.3) is 5.91 Å². The van der Waals surface area contributed by atoms with Gasteiger partial charge in [-0.05, 0) is 54.3 Å². The molecule has 0 unspecified atom stereocenters. The zero-order chi connectivity index (χ0) is 17.9. The second kappa shape index (κ2) is 7.91. The van der Waals surface area contributed by atoms with Crippen LogP contribution < -0.4 is 5.32 Å². The molecule has 1 aromatic heterocycles. The van der Waals surface area contributed by atoms with Gasteiger partial charge >= 0.3 is 0 Å². The van der Waals surface area contributed by atoms with E-state index in [4.69, 9.17) is 4.74 Å². The summed E-state index contributed by atoms with van der Waals surface area (Å²) < 4.78 is 5.67. The van der Waals surface area contributed by atoms with Crippen molar-refractivity contribution in [3.63, 3.8) is 0 Å². The first kappa shape index (κ1) is 17.7. The van der Waals surface area contributed by atoms with Crippen molar-refractivity contribution in [1.82, 2.24) is 4.90 Å². The van der Waals surface area contributed by atoms with E-state index in [0.29, 0.717) is 12.6 Å². The molecule has 4 rings (SSSR count). The number of aryl methyl sites for hydroxylation is 1. The Morgan fingerprint density at radius 3 is 3.00 bits per heavy atom. The van der Waals surface area contributed by atoms with E-state index in [0.717, 1.165) is 39.0 Å².